The second-order valence-corrected chi connectivity index (χ2v) is 10.2. The van der Waals surface area contributed by atoms with Gasteiger partial charge in [-0.25, -0.2) is 0 Å². The number of benzene rings is 1. The molecule has 0 unspecified atom stereocenters. The molecule has 2 fully saturated rings. The number of carbonyl (C=O) groups is 1. The van der Waals surface area contributed by atoms with Crippen LogP contribution < -0.4 is 5.32 Å². The number of allylic oxidation sites excluding steroid dienone is 1. The molecule has 130 valence electrons. The summed E-state index contributed by atoms with van der Waals surface area (Å²) in [6.45, 7) is 0. The van der Waals surface area contributed by atoms with Crippen LogP contribution in [0.4, 0.5) is 0 Å². The molecule has 2 atom stereocenters. The highest BCUT2D eigenvalue weighted by Gasteiger charge is 2.45. The van der Waals surface area contributed by atoms with Gasteiger partial charge in [0.15, 0.2) is 5.50 Å². The van der Waals surface area contributed by atoms with Crippen LogP contribution in [-0.4, -0.2) is 33.6 Å². The molecule has 1 amide bonds. The molecule has 1 N–H and O–H groups in total. The summed E-state index contributed by atoms with van der Waals surface area (Å²) in [6.07, 6.45) is 3.42. The van der Waals surface area contributed by atoms with Crippen LogP contribution in [-0.2, 0) is 4.79 Å². The van der Waals surface area contributed by atoms with Crippen molar-refractivity contribution in [2.45, 2.75) is 30.8 Å². The Morgan fingerprint density at radius 1 is 1.08 bits per heavy atom. The van der Waals surface area contributed by atoms with Crippen LogP contribution in [0, 0.1) is 0 Å². The van der Waals surface area contributed by atoms with Crippen LogP contribution in [0.15, 0.2) is 51.4 Å². The average molecular weight is 389 g/mol. The Kier molecular flexibility index (Phi) is 4.30. The van der Waals surface area contributed by atoms with Crippen molar-refractivity contribution in [2.75, 3.05) is 17.3 Å². The van der Waals surface area contributed by atoms with Gasteiger partial charge in [0.1, 0.15) is 0 Å². The summed E-state index contributed by atoms with van der Waals surface area (Å²) in [4.78, 5) is 14.7. The van der Waals surface area contributed by atoms with Crippen LogP contribution in [0.1, 0.15) is 30.9 Å². The topological polar surface area (TPSA) is 32.3 Å². The first-order valence-electron chi connectivity index (χ1n) is 8.79. The quantitative estimate of drug-likeness (QED) is 0.775. The summed E-state index contributed by atoms with van der Waals surface area (Å²) in [7, 11) is 0. The average Bonchev–Trinajstić information content (AvgIpc) is 3.31. The molecule has 0 bridgehead atoms. The van der Waals surface area contributed by atoms with Crippen LogP contribution in [0.3, 0.4) is 0 Å². The van der Waals surface area contributed by atoms with Crippen LogP contribution in [0.5, 0.6) is 0 Å². The predicted molar refractivity (Wildman–Crippen MR) is 108 cm³/mol. The van der Waals surface area contributed by atoms with E-state index in [-0.39, 0.29) is 17.4 Å². The fourth-order valence-electron chi connectivity index (χ4n) is 4.16. The number of rotatable bonds is 1. The molecule has 3 nitrogen and oxygen atoms in total. The Bertz CT molecular complexity index is 766. The first kappa shape index (κ1) is 16.2. The molecule has 0 saturated carbocycles. The highest BCUT2D eigenvalue weighted by Crippen LogP contribution is 2.50. The fourth-order valence-corrected chi connectivity index (χ4v) is 7.83. The van der Waals surface area contributed by atoms with Crippen LogP contribution in [0.25, 0.3) is 0 Å². The lowest BCUT2D eigenvalue weighted by Gasteiger charge is -2.44. The summed E-state index contributed by atoms with van der Waals surface area (Å²) >= 11 is 5.75. The van der Waals surface area contributed by atoms with Gasteiger partial charge in [0.25, 0.3) is 0 Å². The molecule has 5 rings (SSSR count). The molecule has 2 saturated heterocycles. The van der Waals surface area contributed by atoms with Gasteiger partial charge in [0.2, 0.25) is 5.91 Å². The molecule has 1 aliphatic carbocycles. The van der Waals surface area contributed by atoms with Crippen LogP contribution in [0.2, 0.25) is 0 Å². The van der Waals surface area contributed by atoms with E-state index in [4.69, 9.17) is 0 Å². The molecule has 25 heavy (non-hydrogen) atoms. The lowest BCUT2D eigenvalue weighted by Crippen LogP contribution is -2.50. The highest BCUT2D eigenvalue weighted by molar-refractivity contribution is 8.25. The summed E-state index contributed by atoms with van der Waals surface area (Å²) in [5, 5.41) is 3.74. The molecule has 0 radical (unpaired) electrons. The molecular formula is C19H20N2OS3. The maximum atomic E-state index is 12.6. The Labute approximate surface area is 161 Å². The molecular weight excluding hydrogens is 368 g/mol. The van der Waals surface area contributed by atoms with Crippen molar-refractivity contribution >= 4 is 41.2 Å². The van der Waals surface area contributed by atoms with E-state index in [2.05, 4.69) is 40.5 Å². The minimum absolute atomic E-state index is 0.0709. The maximum Gasteiger partial charge on any atom is 0.235 e. The zero-order valence-electron chi connectivity index (χ0n) is 13.9. The van der Waals surface area contributed by atoms with Gasteiger partial charge in [-0.3, -0.25) is 4.79 Å². The SMILES string of the molecule is O=C1CS[C@H]2NC3=C(CCCC3=C3SCCS3)[C@@H](c3ccccc3)N12. The van der Waals surface area contributed by atoms with Crippen molar-refractivity contribution in [3.05, 3.63) is 57.0 Å². The third-order valence-corrected chi connectivity index (χ3v) is 9.06. The molecule has 6 heteroatoms. The fraction of sp³-hybridized carbons (Fsp3) is 0.421. The number of thioether (sulfide) groups is 3. The van der Waals surface area contributed by atoms with Gasteiger partial charge in [0.05, 0.1) is 11.8 Å². The summed E-state index contributed by atoms with van der Waals surface area (Å²) in [5.74, 6) is 3.28. The van der Waals surface area contributed by atoms with Crippen LogP contribution >= 0.6 is 35.3 Å². The van der Waals surface area contributed by atoms with E-state index in [1.807, 2.05) is 23.5 Å². The number of hydrogen-bond acceptors (Lipinski definition) is 5. The number of fused-ring (bicyclic) bond motifs is 1. The molecule has 0 aromatic heterocycles. The van der Waals surface area contributed by atoms with E-state index < -0.39 is 0 Å². The highest BCUT2D eigenvalue weighted by atomic mass is 32.2. The number of amides is 1. The third kappa shape index (κ3) is 2.73. The number of nitrogens with one attached hydrogen (secondary N) is 1. The second-order valence-electron chi connectivity index (χ2n) is 6.64. The number of nitrogens with zero attached hydrogens (tertiary/aromatic N) is 1. The lowest BCUT2D eigenvalue weighted by molar-refractivity contribution is -0.130. The van der Waals surface area contributed by atoms with Crippen molar-refractivity contribution < 1.29 is 4.79 Å². The zero-order valence-corrected chi connectivity index (χ0v) is 16.3. The second kappa shape index (κ2) is 6.63. The van der Waals surface area contributed by atoms with Crippen molar-refractivity contribution in [3.63, 3.8) is 0 Å². The number of hydrogen-bond donors (Lipinski definition) is 1. The van der Waals surface area contributed by atoms with Gasteiger partial charge < -0.3 is 10.2 Å². The molecule has 0 spiro atoms. The molecule has 1 aromatic rings. The Hall–Kier alpha value is -0.980. The normalized spacial score (nSPS) is 29.0. The standard InChI is InChI=1S/C19H20N2OS3/c22-15-11-25-19-20-16-13(7-4-8-14(16)18-23-9-10-24-18)17(21(15)19)12-5-2-1-3-6-12/h1-3,5-6,17,19-20H,4,7-11H2/t17-,19+/m1/s1. The van der Waals surface area contributed by atoms with E-state index in [1.54, 1.807) is 11.8 Å². The summed E-state index contributed by atoms with van der Waals surface area (Å²) in [5.41, 5.74) is 5.59. The van der Waals surface area contributed by atoms with Gasteiger partial charge in [-0.2, -0.15) is 0 Å². The van der Waals surface area contributed by atoms with Gasteiger partial charge in [-0.1, -0.05) is 30.3 Å². The van der Waals surface area contributed by atoms with E-state index in [9.17, 15) is 4.79 Å². The van der Waals surface area contributed by atoms with Gasteiger partial charge in [0, 0.05) is 21.4 Å². The van der Waals surface area contributed by atoms with Gasteiger partial charge in [-0.05, 0) is 36.0 Å². The Balaban J connectivity index is 1.66. The summed E-state index contributed by atoms with van der Waals surface area (Å²) in [6, 6.07) is 10.7. The van der Waals surface area contributed by atoms with E-state index in [1.165, 1.54) is 44.6 Å². The minimum atomic E-state index is 0.0709. The predicted octanol–water partition coefficient (Wildman–Crippen LogP) is 4.32. The smallest absolute Gasteiger partial charge is 0.235 e. The minimum Gasteiger partial charge on any atom is -0.356 e. The number of carbonyl (C=O) groups excluding carboxylic acids is 1. The largest absolute Gasteiger partial charge is 0.356 e. The van der Waals surface area contributed by atoms with Gasteiger partial charge in [-0.15, -0.1) is 35.3 Å². The molecule has 4 aliphatic rings. The van der Waals surface area contributed by atoms with Crippen molar-refractivity contribution in [1.29, 1.82) is 0 Å². The van der Waals surface area contributed by atoms with E-state index >= 15 is 0 Å². The summed E-state index contributed by atoms with van der Waals surface area (Å²) < 4.78 is 1.51. The Morgan fingerprint density at radius 3 is 2.68 bits per heavy atom. The zero-order chi connectivity index (χ0) is 16.8. The Morgan fingerprint density at radius 2 is 1.88 bits per heavy atom. The third-order valence-electron chi connectivity index (χ3n) is 5.19. The van der Waals surface area contributed by atoms with Crippen molar-refractivity contribution in [1.82, 2.24) is 10.2 Å². The maximum absolute atomic E-state index is 12.6. The molecule has 1 aromatic carbocycles. The molecule has 3 aliphatic heterocycles. The first-order chi connectivity index (χ1) is 12.3. The first-order valence-corrected chi connectivity index (χ1v) is 11.8. The van der Waals surface area contributed by atoms with E-state index in [0.717, 1.165) is 12.8 Å². The lowest BCUT2D eigenvalue weighted by atomic mass is 9.83. The monoisotopic (exact) mass is 388 g/mol. The molecule has 3 heterocycles. The van der Waals surface area contributed by atoms with E-state index in [0.29, 0.717) is 5.75 Å². The van der Waals surface area contributed by atoms with Crippen molar-refractivity contribution in [3.8, 4) is 0 Å². The van der Waals surface area contributed by atoms with Crippen molar-refractivity contribution in [2.24, 2.45) is 0 Å². The van der Waals surface area contributed by atoms with Gasteiger partial charge >= 0.3 is 0 Å².